The van der Waals surface area contributed by atoms with E-state index in [4.69, 9.17) is 9.79 Å². The van der Waals surface area contributed by atoms with Gasteiger partial charge >= 0.3 is 7.75 Å². The second-order valence-corrected chi connectivity index (χ2v) is 7.22. The van der Waals surface area contributed by atoms with Gasteiger partial charge in [-0.15, -0.1) is 0 Å². The maximum Gasteiger partial charge on any atom is 0.448 e. The molecule has 0 fully saturated rings. The maximum absolute atomic E-state index is 11.1. The molecule has 0 saturated heterocycles. The van der Waals surface area contributed by atoms with Crippen molar-refractivity contribution < 1.29 is 34.8 Å². The minimum Gasteiger partial charge on any atom is -0.512 e. The van der Waals surface area contributed by atoms with Crippen molar-refractivity contribution in [1.82, 2.24) is 0 Å². The number of aromatic hydroxyl groups is 1. The molecule has 0 spiro atoms. The molecule has 6 N–H and O–H groups in total. The van der Waals surface area contributed by atoms with E-state index in [1.807, 2.05) is 0 Å². The van der Waals surface area contributed by atoms with Gasteiger partial charge in [0.05, 0.1) is 11.5 Å². The molecule has 1 aliphatic carbocycles. The smallest absolute Gasteiger partial charge is 0.448 e. The highest BCUT2D eigenvalue weighted by Crippen LogP contribution is 2.40. The van der Waals surface area contributed by atoms with Gasteiger partial charge in [0.15, 0.2) is 5.79 Å². The Labute approximate surface area is 144 Å². The summed E-state index contributed by atoms with van der Waals surface area (Å²) >= 11 is 0. The number of hydrogen-bond acceptors (Lipinski definition) is 5. The lowest BCUT2D eigenvalue weighted by Gasteiger charge is -2.30. The fourth-order valence-electron chi connectivity index (χ4n) is 2.70. The van der Waals surface area contributed by atoms with Crippen molar-refractivity contribution in [2.24, 2.45) is 4.76 Å². The van der Waals surface area contributed by atoms with E-state index in [2.05, 4.69) is 4.76 Å². The van der Waals surface area contributed by atoms with Gasteiger partial charge in [0.25, 0.3) is 0 Å². The van der Waals surface area contributed by atoms with Gasteiger partial charge in [-0.1, -0.05) is 19.1 Å². The number of rotatable bonds is 5. The quantitative estimate of drug-likeness (QED) is 0.342. The molecule has 0 aliphatic heterocycles. The van der Waals surface area contributed by atoms with Gasteiger partial charge < -0.3 is 30.2 Å². The molecule has 9 heteroatoms. The second-order valence-electron chi connectivity index (χ2n) is 5.99. The van der Waals surface area contributed by atoms with Crippen LogP contribution in [0.1, 0.15) is 31.2 Å². The largest absolute Gasteiger partial charge is 0.512 e. The van der Waals surface area contributed by atoms with Crippen LogP contribution in [0.4, 0.5) is 0 Å². The van der Waals surface area contributed by atoms with Crippen molar-refractivity contribution in [3.63, 3.8) is 0 Å². The molecule has 0 radical (unpaired) electrons. The van der Waals surface area contributed by atoms with Crippen LogP contribution in [0.25, 0.3) is 0 Å². The van der Waals surface area contributed by atoms with E-state index >= 15 is 0 Å². The van der Waals surface area contributed by atoms with E-state index in [1.165, 1.54) is 24.3 Å². The first-order valence-electron chi connectivity index (χ1n) is 7.47. The molecule has 8 nitrogen and oxygen atoms in total. The van der Waals surface area contributed by atoms with Crippen molar-refractivity contribution in [2.45, 2.75) is 31.5 Å². The van der Waals surface area contributed by atoms with Crippen molar-refractivity contribution in [2.75, 3.05) is 0 Å². The third kappa shape index (κ3) is 5.26. The minimum atomic E-state index is -4.81. The highest BCUT2D eigenvalue weighted by Gasteiger charge is 2.36. The Morgan fingerprint density at radius 3 is 2.52 bits per heavy atom. The number of benzene rings is 1. The predicted octanol–water partition coefficient (Wildman–Crippen LogP) is 1.87. The number of allylic oxidation sites excluding steroid dienone is 3. The number of aliphatic hydroxyl groups is 3. The second kappa shape index (κ2) is 7.11. The standard InChI is InChI=1S/C16H20NO7P/c1-10(11-3-2-4-12(18)7-11)9-16(20,21)14-6-5-13(19)8-15(14)17-25(22,23)24/h2-7,10,18-21H,8-9H2,1H3,(H2,22,23,24). The van der Waals surface area contributed by atoms with E-state index in [9.17, 15) is 25.0 Å². The Balaban J connectivity index is 2.32. The van der Waals surface area contributed by atoms with E-state index in [0.717, 1.165) is 0 Å². The van der Waals surface area contributed by atoms with Crippen molar-refractivity contribution in [1.29, 1.82) is 0 Å². The molecule has 0 heterocycles. The highest BCUT2D eigenvalue weighted by atomic mass is 31.2. The van der Waals surface area contributed by atoms with E-state index in [1.54, 1.807) is 19.1 Å². The normalized spacial score (nSPS) is 18.7. The number of aliphatic hydroxyl groups excluding tert-OH is 1. The molecule has 0 amide bonds. The zero-order chi connectivity index (χ0) is 18.8. The van der Waals surface area contributed by atoms with Gasteiger partial charge in [0.2, 0.25) is 0 Å². The summed E-state index contributed by atoms with van der Waals surface area (Å²) in [6.45, 7) is 1.71. The van der Waals surface area contributed by atoms with Crippen molar-refractivity contribution in [3.05, 3.63) is 53.3 Å². The van der Waals surface area contributed by atoms with Crippen LogP contribution < -0.4 is 0 Å². The summed E-state index contributed by atoms with van der Waals surface area (Å²) in [5.41, 5.74) is 0.179. The van der Waals surface area contributed by atoms with Crippen LogP contribution in [-0.4, -0.2) is 41.7 Å². The Hall–Kier alpha value is -1.96. The van der Waals surface area contributed by atoms with Gasteiger partial charge in [-0.3, -0.25) is 0 Å². The molecule has 2 rings (SSSR count). The molecule has 0 aromatic heterocycles. The third-order valence-electron chi connectivity index (χ3n) is 3.81. The van der Waals surface area contributed by atoms with Gasteiger partial charge in [-0.05, 0) is 35.8 Å². The molecule has 0 bridgehead atoms. The Bertz CT molecular complexity index is 791. The first-order chi connectivity index (χ1) is 11.5. The maximum atomic E-state index is 11.1. The minimum absolute atomic E-state index is 0.0410. The summed E-state index contributed by atoms with van der Waals surface area (Å²) in [5.74, 6) is -2.98. The summed E-state index contributed by atoms with van der Waals surface area (Å²) in [6.07, 6.45) is 1.86. The average Bonchev–Trinajstić information content (AvgIpc) is 2.44. The van der Waals surface area contributed by atoms with Gasteiger partial charge in [-0.25, -0.2) is 4.57 Å². The molecular weight excluding hydrogens is 349 g/mol. The number of hydrogen-bond donors (Lipinski definition) is 6. The van der Waals surface area contributed by atoms with Crippen LogP contribution in [-0.2, 0) is 4.57 Å². The zero-order valence-corrected chi connectivity index (χ0v) is 14.3. The van der Waals surface area contributed by atoms with Crippen molar-refractivity contribution >= 4 is 13.5 Å². The van der Waals surface area contributed by atoms with Gasteiger partial charge in [-0.2, -0.15) is 4.76 Å². The summed E-state index contributed by atoms with van der Waals surface area (Å²) in [4.78, 5) is 18.1. The molecule has 1 aromatic rings. The van der Waals surface area contributed by atoms with Crippen LogP contribution in [0.2, 0.25) is 0 Å². The molecular formula is C16H20NO7P. The first kappa shape index (κ1) is 19.4. The van der Waals surface area contributed by atoms with E-state index < -0.39 is 13.5 Å². The molecule has 136 valence electrons. The Morgan fingerprint density at radius 1 is 1.24 bits per heavy atom. The topological polar surface area (TPSA) is 151 Å². The molecule has 1 aromatic carbocycles. The van der Waals surface area contributed by atoms with E-state index in [0.29, 0.717) is 5.56 Å². The number of phenolic OH excluding ortho intramolecular Hbond substituents is 1. The van der Waals surface area contributed by atoms with E-state index in [-0.39, 0.29) is 41.6 Å². The lowest BCUT2D eigenvalue weighted by Crippen LogP contribution is -2.37. The Morgan fingerprint density at radius 2 is 1.92 bits per heavy atom. The first-order valence-corrected chi connectivity index (χ1v) is 9.03. The molecule has 1 unspecified atom stereocenters. The summed E-state index contributed by atoms with van der Waals surface area (Å²) in [5, 5.41) is 40.0. The molecule has 25 heavy (non-hydrogen) atoms. The zero-order valence-electron chi connectivity index (χ0n) is 13.4. The summed E-state index contributed by atoms with van der Waals surface area (Å²) in [7, 11) is -4.81. The molecule has 1 aliphatic rings. The SMILES string of the molecule is CC(CC(O)(O)C1=CC=C(O)CC1=NP(=O)(O)O)c1cccc(O)c1. The lowest BCUT2D eigenvalue weighted by atomic mass is 9.85. The fourth-order valence-corrected chi connectivity index (χ4v) is 3.19. The van der Waals surface area contributed by atoms with Crippen LogP contribution in [0, 0.1) is 0 Å². The average molecular weight is 369 g/mol. The van der Waals surface area contributed by atoms with Crippen LogP contribution in [0.15, 0.2) is 52.5 Å². The Kier molecular flexibility index (Phi) is 5.51. The lowest BCUT2D eigenvalue weighted by molar-refractivity contribution is -0.131. The molecule has 1 atom stereocenters. The van der Waals surface area contributed by atoms with Gasteiger partial charge in [0.1, 0.15) is 5.75 Å². The number of phenols is 1. The highest BCUT2D eigenvalue weighted by molar-refractivity contribution is 7.50. The predicted molar refractivity (Wildman–Crippen MR) is 91.2 cm³/mol. The number of nitrogens with zero attached hydrogens (tertiary/aromatic N) is 1. The monoisotopic (exact) mass is 369 g/mol. The molecule has 0 saturated carbocycles. The summed E-state index contributed by atoms with van der Waals surface area (Å²) in [6, 6.07) is 6.32. The van der Waals surface area contributed by atoms with Crippen molar-refractivity contribution in [3.8, 4) is 5.75 Å². The van der Waals surface area contributed by atoms with Crippen LogP contribution in [0.3, 0.4) is 0 Å². The fraction of sp³-hybridized carbons (Fsp3) is 0.312. The van der Waals surface area contributed by atoms with Crippen LogP contribution >= 0.6 is 7.75 Å². The van der Waals surface area contributed by atoms with Gasteiger partial charge in [0, 0.05) is 18.4 Å². The summed E-state index contributed by atoms with van der Waals surface area (Å²) < 4.78 is 14.4. The van der Waals surface area contributed by atoms with Crippen LogP contribution in [0.5, 0.6) is 5.75 Å². The third-order valence-corrected chi connectivity index (χ3v) is 4.32.